The second kappa shape index (κ2) is 7.04. The van der Waals surface area contributed by atoms with E-state index in [2.05, 4.69) is 0 Å². The summed E-state index contributed by atoms with van der Waals surface area (Å²) in [5, 5.41) is 0. The Balaban J connectivity index is 2.22. The monoisotopic (exact) mass is 284 g/mol. The van der Waals surface area contributed by atoms with E-state index < -0.39 is 5.60 Å². The Morgan fingerprint density at radius 1 is 1.00 bits per heavy atom. The lowest BCUT2D eigenvalue weighted by Crippen LogP contribution is -2.37. The van der Waals surface area contributed by atoms with Gasteiger partial charge in [-0.1, -0.05) is 60.7 Å². The first-order chi connectivity index (χ1) is 10.2. The van der Waals surface area contributed by atoms with Gasteiger partial charge in [-0.05, 0) is 25.0 Å². The lowest BCUT2D eigenvalue weighted by atomic mass is 9.95. The Kier molecular flexibility index (Phi) is 5.12. The van der Waals surface area contributed by atoms with E-state index in [4.69, 9.17) is 9.47 Å². The van der Waals surface area contributed by atoms with Gasteiger partial charge in [-0.25, -0.2) is 4.79 Å². The Bertz CT molecular complexity index is 566. The molecule has 0 aliphatic carbocycles. The standard InChI is InChI=1S/C18H20O3/c1-3-20-17(19)18(2,16-12-8-5-9-13-16)21-14-15-10-6-4-7-11-15/h4-13H,3,14H2,1-2H3/t18-/m1/s1. The lowest BCUT2D eigenvalue weighted by Gasteiger charge is -2.28. The van der Waals surface area contributed by atoms with Crippen molar-refractivity contribution < 1.29 is 14.3 Å². The molecule has 0 spiro atoms. The number of carbonyl (C=O) groups is 1. The maximum absolute atomic E-state index is 12.3. The summed E-state index contributed by atoms with van der Waals surface area (Å²) < 4.78 is 11.1. The van der Waals surface area contributed by atoms with Crippen LogP contribution in [0.25, 0.3) is 0 Å². The summed E-state index contributed by atoms with van der Waals surface area (Å²) in [7, 11) is 0. The fourth-order valence-corrected chi connectivity index (χ4v) is 2.09. The van der Waals surface area contributed by atoms with E-state index >= 15 is 0 Å². The van der Waals surface area contributed by atoms with Crippen LogP contribution in [0.1, 0.15) is 25.0 Å². The third kappa shape index (κ3) is 3.70. The number of hydrogen-bond donors (Lipinski definition) is 0. The minimum Gasteiger partial charge on any atom is -0.464 e. The zero-order chi connectivity index (χ0) is 15.1. The van der Waals surface area contributed by atoms with Crippen LogP contribution in [0.15, 0.2) is 60.7 Å². The average molecular weight is 284 g/mol. The summed E-state index contributed by atoms with van der Waals surface area (Å²) in [6.45, 7) is 4.23. The van der Waals surface area contributed by atoms with Crippen molar-refractivity contribution >= 4 is 5.97 Å². The minimum absolute atomic E-state index is 0.329. The average Bonchev–Trinajstić information content (AvgIpc) is 2.54. The molecule has 2 aromatic carbocycles. The highest BCUT2D eigenvalue weighted by molar-refractivity contribution is 5.80. The van der Waals surface area contributed by atoms with Gasteiger partial charge < -0.3 is 9.47 Å². The molecule has 0 N–H and O–H groups in total. The molecular weight excluding hydrogens is 264 g/mol. The Labute approximate surface area is 125 Å². The molecule has 1 atom stereocenters. The maximum Gasteiger partial charge on any atom is 0.342 e. The van der Waals surface area contributed by atoms with Crippen LogP contribution in [0.3, 0.4) is 0 Å². The van der Waals surface area contributed by atoms with Crippen LogP contribution in [-0.2, 0) is 26.5 Å². The molecule has 3 heteroatoms. The first kappa shape index (κ1) is 15.3. The molecule has 0 saturated carbocycles. The van der Waals surface area contributed by atoms with Crippen LogP contribution in [0, 0.1) is 0 Å². The van der Waals surface area contributed by atoms with Crippen molar-refractivity contribution in [1.29, 1.82) is 0 Å². The molecule has 0 amide bonds. The largest absolute Gasteiger partial charge is 0.464 e. The smallest absolute Gasteiger partial charge is 0.342 e. The minimum atomic E-state index is -1.10. The fourth-order valence-electron chi connectivity index (χ4n) is 2.09. The number of esters is 1. The third-order valence-electron chi connectivity index (χ3n) is 3.36. The molecule has 0 bridgehead atoms. The van der Waals surface area contributed by atoms with Crippen molar-refractivity contribution in [1.82, 2.24) is 0 Å². The van der Waals surface area contributed by atoms with Crippen molar-refractivity contribution in [2.75, 3.05) is 6.61 Å². The van der Waals surface area contributed by atoms with Crippen LogP contribution >= 0.6 is 0 Å². The molecule has 0 unspecified atom stereocenters. The molecule has 0 aliphatic rings. The van der Waals surface area contributed by atoms with E-state index in [0.29, 0.717) is 13.2 Å². The van der Waals surface area contributed by atoms with E-state index in [1.807, 2.05) is 60.7 Å². The summed E-state index contributed by atoms with van der Waals surface area (Å²) in [6.07, 6.45) is 0. The number of hydrogen-bond acceptors (Lipinski definition) is 3. The predicted molar refractivity (Wildman–Crippen MR) is 81.7 cm³/mol. The van der Waals surface area contributed by atoms with Crippen LogP contribution in [0.5, 0.6) is 0 Å². The van der Waals surface area contributed by atoms with Crippen LogP contribution in [0.4, 0.5) is 0 Å². The Morgan fingerprint density at radius 3 is 2.14 bits per heavy atom. The van der Waals surface area contributed by atoms with Crippen molar-refractivity contribution in [2.45, 2.75) is 26.1 Å². The molecule has 0 aromatic heterocycles. The number of ether oxygens (including phenoxy) is 2. The van der Waals surface area contributed by atoms with Crippen molar-refractivity contribution in [3.63, 3.8) is 0 Å². The van der Waals surface area contributed by atoms with E-state index in [-0.39, 0.29) is 5.97 Å². The van der Waals surface area contributed by atoms with Gasteiger partial charge in [0.25, 0.3) is 0 Å². The quantitative estimate of drug-likeness (QED) is 0.759. The summed E-state index contributed by atoms with van der Waals surface area (Å²) in [4.78, 5) is 12.3. The van der Waals surface area contributed by atoms with Gasteiger partial charge in [-0.2, -0.15) is 0 Å². The van der Waals surface area contributed by atoms with Crippen molar-refractivity contribution in [3.8, 4) is 0 Å². The predicted octanol–water partition coefficient (Wildman–Crippen LogP) is 3.68. The van der Waals surface area contributed by atoms with Gasteiger partial charge >= 0.3 is 5.97 Å². The van der Waals surface area contributed by atoms with Gasteiger partial charge in [0.05, 0.1) is 13.2 Å². The molecule has 0 aliphatic heterocycles. The Morgan fingerprint density at radius 2 is 1.57 bits per heavy atom. The van der Waals surface area contributed by atoms with E-state index in [9.17, 15) is 4.79 Å². The zero-order valence-electron chi connectivity index (χ0n) is 12.4. The SMILES string of the molecule is CCOC(=O)[C@](C)(OCc1ccccc1)c1ccccc1. The molecule has 0 radical (unpaired) electrons. The zero-order valence-corrected chi connectivity index (χ0v) is 12.4. The number of rotatable bonds is 6. The molecule has 2 rings (SSSR count). The van der Waals surface area contributed by atoms with Crippen LogP contribution in [-0.4, -0.2) is 12.6 Å². The second-order valence-electron chi connectivity index (χ2n) is 4.89. The maximum atomic E-state index is 12.3. The summed E-state index contributed by atoms with van der Waals surface area (Å²) >= 11 is 0. The fraction of sp³-hybridized carbons (Fsp3) is 0.278. The van der Waals surface area contributed by atoms with Gasteiger partial charge in [-0.15, -0.1) is 0 Å². The van der Waals surface area contributed by atoms with Gasteiger partial charge in [0.1, 0.15) is 0 Å². The van der Waals surface area contributed by atoms with E-state index in [1.54, 1.807) is 13.8 Å². The van der Waals surface area contributed by atoms with Gasteiger partial charge in [-0.3, -0.25) is 0 Å². The molecule has 3 nitrogen and oxygen atoms in total. The molecular formula is C18H20O3. The van der Waals surface area contributed by atoms with Gasteiger partial charge in [0, 0.05) is 0 Å². The molecule has 110 valence electrons. The van der Waals surface area contributed by atoms with Crippen molar-refractivity contribution in [2.24, 2.45) is 0 Å². The first-order valence-corrected chi connectivity index (χ1v) is 7.07. The van der Waals surface area contributed by atoms with Crippen molar-refractivity contribution in [3.05, 3.63) is 71.8 Å². The van der Waals surface area contributed by atoms with Crippen LogP contribution < -0.4 is 0 Å². The topological polar surface area (TPSA) is 35.5 Å². The molecule has 0 heterocycles. The normalized spacial score (nSPS) is 13.4. The first-order valence-electron chi connectivity index (χ1n) is 7.07. The third-order valence-corrected chi connectivity index (χ3v) is 3.36. The molecule has 2 aromatic rings. The second-order valence-corrected chi connectivity index (χ2v) is 4.89. The molecule has 21 heavy (non-hydrogen) atoms. The Hall–Kier alpha value is -2.13. The number of carbonyl (C=O) groups excluding carboxylic acids is 1. The number of benzene rings is 2. The molecule has 0 saturated heterocycles. The highest BCUT2D eigenvalue weighted by Gasteiger charge is 2.37. The van der Waals surface area contributed by atoms with E-state index in [0.717, 1.165) is 11.1 Å². The molecule has 0 fully saturated rings. The van der Waals surface area contributed by atoms with Gasteiger partial charge in [0.15, 0.2) is 5.60 Å². The van der Waals surface area contributed by atoms with Gasteiger partial charge in [0.2, 0.25) is 0 Å². The van der Waals surface area contributed by atoms with Crippen LogP contribution in [0.2, 0.25) is 0 Å². The summed E-state index contributed by atoms with van der Waals surface area (Å²) in [5.74, 6) is -0.368. The highest BCUT2D eigenvalue weighted by atomic mass is 16.6. The summed E-state index contributed by atoms with van der Waals surface area (Å²) in [6, 6.07) is 19.2. The van der Waals surface area contributed by atoms with E-state index in [1.165, 1.54) is 0 Å². The lowest BCUT2D eigenvalue weighted by molar-refractivity contribution is -0.173. The highest BCUT2D eigenvalue weighted by Crippen LogP contribution is 2.28. The summed E-state index contributed by atoms with van der Waals surface area (Å²) in [5.41, 5.74) is 0.705.